The molecule has 0 aliphatic heterocycles. The number of halogens is 1. The molecule has 5 nitrogen and oxygen atoms in total. The number of fused-ring (bicyclic) bond motifs is 2. The number of hydrogen-bond acceptors (Lipinski definition) is 2. The smallest absolute Gasteiger partial charge is 0.251 e. The van der Waals surface area contributed by atoms with E-state index in [1.807, 2.05) is 42.6 Å². The fraction of sp³-hybridized carbons (Fsp3) is 0.100. The Morgan fingerprint density at radius 2 is 1.96 bits per heavy atom. The Bertz CT molecular complexity index is 1210. The van der Waals surface area contributed by atoms with E-state index in [-0.39, 0.29) is 17.9 Å². The van der Waals surface area contributed by atoms with E-state index < -0.39 is 0 Å². The van der Waals surface area contributed by atoms with Gasteiger partial charge in [-0.3, -0.25) is 9.59 Å². The van der Waals surface area contributed by atoms with Crippen molar-refractivity contribution in [3.63, 3.8) is 0 Å². The number of aromatic nitrogens is 2. The minimum atomic E-state index is -0.139. The lowest BCUT2D eigenvalue weighted by atomic mass is 10.1. The van der Waals surface area contributed by atoms with E-state index in [9.17, 15) is 9.59 Å². The van der Waals surface area contributed by atoms with Gasteiger partial charge in [0.05, 0.1) is 11.9 Å². The van der Waals surface area contributed by atoms with Gasteiger partial charge in [0, 0.05) is 33.4 Å². The topological polar surface area (TPSA) is 77.8 Å². The summed E-state index contributed by atoms with van der Waals surface area (Å²) in [5, 5.41) is 5.37. The van der Waals surface area contributed by atoms with Crippen LogP contribution in [0, 0.1) is 6.92 Å². The number of anilines is 1. The van der Waals surface area contributed by atoms with Crippen molar-refractivity contribution < 1.29 is 4.79 Å². The average molecular weight is 366 g/mol. The lowest BCUT2D eigenvalue weighted by Gasteiger charge is -2.07. The predicted octanol–water partition coefficient (Wildman–Crippen LogP) is 4.15. The van der Waals surface area contributed by atoms with Crippen molar-refractivity contribution in [1.29, 1.82) is 0 Å². The van der Waals surface area contributed by atoms with Gasteiger partial charge in [-0.25, -0.2) is 0 Å². The maximum atomic E-state index is 12.4. The Balaban J connectivity index is 1.57. The van der Waals surface area contributed by atoms with Gasteiger partial charge in [-0.15, -0.1) is 0 Å². The van der Waals surface area contributed by atoms with Crippen LogP contribution in [0.4, 0.5) is 5.69 Å². The third-order valence-corrected chi connectivity index (χ3v) is 4.63. The van der Waals surface area contributed by atoms with Crippen LogP contribution in [-0.4, -0.2) is 15.9 Å². The van der Waals surface area contributed by atoms with Crippen LogP contribution in [0.15, 0.2) is 53.5 Å². The normalized spacial score (nSPS) is 11.2. The van der Waals surface area contributed by atoms with Crippen LogP contribution in [0.25, 0.3) is 21.8 Å². The standard InChI is InChI=1S/C20H16ClN3O2/c1-11-6-12-2-4-15(9-18(12)24-20(11)26)23-19(25)7-13-10-22-17-5-3-14(21)8-16(13)17/h2-6,8-10,22H,7H2,1H3,(H,23,25)(H,24,26). The summed E-state index contributed by atoms with van der Waals surface area (Å²) in [6.45, 7) is 1.77. The van der Waals surface area contributed by atoms with Crippen LogP contribution < -0.4 is 10.9 Å². The summed E-state index contributed by atoms with van der Waals surface area (Å²) in [6.07, 6.45) is 2.05. The van der Waals surface area contributed by atoms with Crippen LogP contribution in [0.1, 0.15) is 11.1 Å². The summed E-state index contributed by atoms with van der Waals surface area (Å²) in [7, 11) is 0. The van der Waals surface area contributed by atoms with Gasteiger partial charge in [0.15, 0.2) is 0 Å². The van der Waals surface area contributed by atoms with E-state index in [4.69, 9.17) is 11.6 Å². The van der Waals surface area contributed by atoms with E-state index >= 15 is 0 Å². The summed E-state index contributed by atoms with van der Waals surface area (Å²) in [4.78, 5) is 30.2. The summed E-state index contributed by atoms with van der Waals surface area (Å²) in [5.41, 5.74) is 3.68. The number of hydrogen-bond donors (Lipinski definition) is 3. The van der Waals surface area contributed by atoms with Gasteiger partial charge in [0.2, 0.25) is 5.91 Å². The number of H-pyrrole nitrogens is 2. The van der Waals surface area contributed by atoms with Gasteiger partial charge >= 0.3 is 0 Å². The molecule has 1 amide bonds. The number of amides is 1. The molecule has 0 atom stereocenters. The molecule has 2 aromatic carbocycles. The zero-order valence-electron chi connectivity index (χ0n) is 14.0. The second kappa shape index (κ2) is 6.35. The number of aryl methyl sites for hydroxylation is 1. The average Bonchev–Trinajstić information content (AvgIpc) is 2.98. The summed E-state index contributed by atoms with van der Waals surface area (Å²) in [5.74, 6) is -0.139. The van der Waals surface area contributed by atoms with E-state index in [1.165, 1.54) is 0 Å². The lowest BCUT2D eigenvalue weighted by Crippen LogP contribution is -2.14. The molecule has 0 aliphatic rings. The Morgan fingerprint density at radius 3 is 2.81 bits per heavy atom. The molecule has 0 unspecified atom stereocenters. The molecule has 2 aromatic heterocycles. The molecule has 0 saturated carbocycles. The van der Waals surface area contributed by atoms with E-state index in [0.717, 1.165) is 21.9 Å². The first-order valence-electron chi connectivity index (χ1n) is 8.19. The highest BCUT2D eigenvalue weighted by Crippen LogP contribution is 2.23. The first-order chi connectivity index (χ1) is 12.5. The number of nitrogens with one attached hydrogen (secondary N) is 3. The first-order valence-corrected chi connectivity index (χ1v) is 8.56. The minimum Gasteiger partial charge on any atom is -0.361 e. The fourth-order valence-corrected chi connectivity index (χ4v) is 3.23. The van der Waals surface area contributed by atoms with Crippen molar-refractivity contribution >= 4 is 45.0 Å². The summed E-state index contributed by atoms with van der Waals surface area (Å²) in [6, 6.07) is 12.8. The highest BCUT2D eigenvalue weighted by atomic mass is 35.5. The van der Waals surface area contributed by atoms with Crippen LogP contribution in [0.2, 0.25) is 5.02 Å². The first kappa shape index (κ1) is 16.4. The Kier molecular flexibility index (Phi) is 4.01. The molecule has 26 heavy (non-hydrogen) atoms. The molecule has 0 bridgehead atoms. The molecule has 0 saturated heterocycles. The van der Waals surface area contributed by atoms with Gasteiger partial charge in [0.25, 0.3) is 5.56 Å². The molecule has 0 fully saturated rings. The van der Waals surface area contributed by atoms with Crippen molar-refractivity contribution in [3.05, 3.63) is 75.2 Å². The van der Waals surface area contributed by atoms with Crippen molar-refractivity contribution in [3.8, 4) is 0 Å². The number of pyridine rings is 1. The lowest BCUT2D eigenvalue weighted by molar-refractivity contribution is -0.115. The van der Waals surface area contributed by atoms with Crippen LogP contribution in [0.3, 0.4) is 0 Å². The molecule has 6 heteroatoms. The van der Waals surface area contributed by atoms with Gasteiger partial charge in [-0.2, -0.15) is 0 Å². The SMILES string of the molecule is Cc1cc2ccc(NC(=O)Cc3c[nH]c4ccc(Cl)cc34)cc2[nH]c1=O. The molecule has 4 rings (SSSR count). The van der Waals surface area contributed by atoms with Crippen molar-refractivity contribution in [2.45, 2.75) is 13.3 Å². The molecular formula is C20H16ClN3O2. The van der Waals surface area contributed by atoms with Crippen molar-refractivity contribution in [1.82, 2.24) is 9.97 Å². The van der Waals surface area contributed by atoms with Gasteiger partial charge in [-0.1, -0.05) is 17.7 Å². The van der Waals surface area contributed by atoms with Crippen LogP contribution >= 0.6 is 11.6 Å². The number of rotatable bonds is 3. The highest BCUT2D eigenvalue weighted by molar-refractivity contribution is 6.31. The molecule has 2 heterocycles. The quantitative estimate of drug-likeness (QED) is 0.510. The second-order valence-electron chi connectivity index (χ2n) is 6.31. The number of aromatic amines is 2. The largest absolute Gasteiger partial charge is 0.361 e. The van der Waals surface area contributed by atoms with E-state index in [1.54, 1.807) is 13.0 Å². The number of carbonyl (C=O) groups is 1. The highest BCUT2D eigenvalue weighted by Gasteiger charge is 2.10. The zero-order chi connectivity index (χ0) is 18.3. The van der Waals surface area contributed by atoms with E-state index in [0.29, 0.717) is 21.8 Å². The van der Waals surface area contributed by atoms with Crippen LogP contribution in [-0.2, 0) is 11.2 Å². The molecule has 0 radical (unpaired) electrons. The summed E-state index contributed by atoms with van der Waals surface area (Å²) < 4.78 is 0. The molecule has 130 valence electrons. The fourth-order valence-electron chi connectivity index (χ4n) is 3.06. The van der Waals surface area contributed by atoms with Crippen LogP contribution in [0.5, 0.6) is 0 Å². The molecule has 3 N–H and O–H groups in total. The number of benzene rings is 2. The Morgan fingerprint density at radius 1 is 1.12 bits per heavy atom. The van der Waals surface area contributed by atoms with Crippen molar-refractivity contribution in [2.75, 3.05) is 5.32 Å². The van der Waals surface area contributed by atoms with Gasteiger partial charge < -0.3 is 15.3 Å². The molecular weight excluding hydrogens is 350 g/mol. The number of carbonyl (C=O) groups excluding carboxylic acids is 1. The van der Waals surface area contributed by atoms with Crippen molar-refractivity contribution in [2.24, 2.45) is 0 Å². The zero-order valence-corrected chi connectivity index (χ0v) is 14.8. The molecule has 0 spiro atoms. The minimum absolute atomic E-state index is 0.128. The molecule has 0 aliphatic carbocycles. The second-order valence-corrected chi connectivity index (χ2v) is 6.75. The predicted molar refractivity (Wildman–Crippen MR) is 105 cm³/mol. The van der Waals surface area contributed by atoms with E-state index in [2.05, 4.69) is 15.3 Å². The Hall–Kier alpha value is -3.05. The summed E-state index contributed by atoms with van der Waals surface area (Å²) >= 11 is 6.05. The van der Waals surface area contributed by atoms with Gasteiger partial charge in [0.1, 0.15) is 0 Å². The third kappa shape index (κ3) is 3.09. The third-order valence-electron chi connectivity index (χ3n) is 4.40. The maximum Gasteiger partial charge on any atom is 0.251 e. The van der Waals surface area contributed by atoms with Gasteiger partial charge in [-0.05, 0) is 54.3 Å². The monoisotopic (exact) mass is 365 g/mol. The Labute approximate surface area is 154 Å². The molecule has 4 aromatic rings. The maximum absolute atomic E-state index is 12.4.